The molecule has 0 bridgehead atoms. The molecule has 0 aliphatic rings. The van der Waals surface area contributed by atoms with Crippen molar-refractivity contribution in [2.24, 2.45) is 0 Å². The summed E-state index contributed by atoms with van der Waals surface area (Å²) in [7, 11) is 0. The summed E-state index contributed by atoms with van der Waals surface area (Å²) in [4.78, 5) is 25.2. The molecule has 0 atom stereocenters. The molecule has 10 aromatic rings. The largest absolute Gasteiger partial charge is 0.423 e. The lowest BCUT2D eigenvalue weighted by Crippen LogP contribution is -2.25. The normalized spacial score (nSPS) is 11.8. The second-order valence-corrected chi connectivity index (χ2v) is 14.9. The minimum absolute atomic E-state index is 0.308. The molecule has 0 saturated heterocycles. The van der Waals surface area contributed by atoms with Gasteiger partial charge in [-0.1, -0.05) is 133 Å². The van der Waals surface area contributed by atoms with Gasteiger partial charge < -0.3 is 9.47 Å². The smallest absolute Gasteiger partial charge is 0.418 e. The highest BCUT2D eigenvalue weighted by atomic mass is 16.6. The lowest BCUT2D eigenvalue weighted by Gasteiger charge is -2.14. The van der Waals surface area contributed by atoms with Crippen LogP contribution in [-0.4, -0.2) is 11.9 Å². The highest BCUT2D eigenvalue weighted by Crippen LogP contribution is 2.38. The van der Waals surface area contributed by atoms with E-state index in [4.69, 9.17) is 9.47 Å². The Labute approximate surface area is 324 Å². The number of hydrogen-bond donors (Lipinski definition) is 0. The third-order valence-electron chi connectivity index (χ3n) is 11.5. The number of ether oxygens (including phenoxy) is 2. The van der Waals surface area contributed by atoms with Gasteiger partial charge >= 0.3 is 11.9 Å². The first-order chi connectivity index (χ1) is 27.6. The fraction of sp³-hybridized carbons (Fsp3) is 0.115. The van der Waals surface area contributed by atoms with Crippen LogP contribution in [0.1, 0.15) is 35.1 Å². The van der Waals surface area contributed by atoms with Gasteiger partial charge in [-0.05, 0) is 150 Å². The van der Waals surface area contributed by atoms with Crippen LogP contribution in [0.25, 0.3) is 64.6 Å². The van der Waals surface area contributed by atoms with Crippen molar-refractivity contribution >= 4 is 76.6 Å². The van der Waals surface area contributed by atoms with E-state index in [1.807, 2.05) is 24.3 Å². The summed E-state index contributed by atoms with van der Waals surface area (Å²) in [6.45, 7) is 0. The van der Waals surface area contributed by atoms with Crippen LogP contribution in [-0.2, 0) is 35.3 Å². The van der Waals surface area contributed by atoms with Crippen molar-refractivity contribution in [3.05, 3.63) is 180 Å². The SMILES string of the molecule is O=C(Oc1ccc(CCCc2ccc3ccc4cccc5ccc2c3c45)cc1)C(=O)Oc1ccc(CCCc2ccc3ccc4cccc5ccc2c3c45)cc1. The Bertz CT molecular complexity index is 2810. The maximum atomic E-state index is 12.6. The van der Waals surface area contributed by atoms with Crippen molar-refractivity contribution in [3.8, 4) is 11.5 Å². The van der Waals surface area contributed by atoms with E-state index in [0.29, 0.717) is 11.5 Å². The zero-order chi connectivity index (χ0) is 37.6. The molecule has 0 amide bonds. The predicted octanol–water partition coefficient (Wildman–Crippen LogP) is 12.3. The van der Waals surface area contributed by atoms with Crippen LogP contribution >= 0.6 is 0 Å². The van der Waals surface area contributed by atoms with Gasteiger partial charge in [-0.2, -0.15) is 0 Å². The average Bonchev–Trinajstić information content (AvgIpc) is 3.24. The minimum Gasteiger partial charge on any atom is -0.418 e. The topological polar surface area (TPSA) is 52.6 Å². The van der Waals surface area contributed by atoms with Crippen LogP contribution in [0.3, 0.4) is 0 Å². The fourth-order valence-corrected chi connectivity index (χ4v) is 8.74. The number of benzene rings is 10. The third-order valence-corrected chi connectivity index (χ3v) is 11.5. The summed E-state index contributed by atoms with van der Waals surface area (Å²) < 4.78 is 10.7. The van der Waals surface area contributed by atoms with Gasteiger partial charge in [0.2, 0.25) is 0 Å². The Hall–Kier alpha value is -6.78. The van der Waals surface area contributed by atoms with Gasteiger partial charge in [-0.15, -0.1) is 0 Å². The van der Waals surface area contributed by atoms with E-state index in [0.717, 1.165) is 49.7 Å². The summed E-state index contributed by atoms with van der Waals surface area (Å²) in [6.07, 6.45) is 5.65. The van der Waals surface area contributed by atoms with Crippen LogP contribution in [0.2, 0.25) is 0 Å². The maximum absolute atomic E-state index is 12.6. The molecule has 0 unspecified atom stereocenters. The second kappa shape index (κ2) is 14.1. The summed E-state index contributed by atoms with van der Waals surface area (Å²) in [5, 5.41) is 15.7. The molecule has 4 nitrogen and oxygen atoms in total. The number of carbonyl (C=O) groups excluding carboxylic acids is 2. The highest BCUT2D eigenvalue weighted by Gasteiger charge is 2.20. The predicted molar refractivity (Wildman–Crippen MR) is 228 cm³/mol. The molecule has 0 N–H and O–H groups in total. The molecular formula is C52H38O4. The molecule has 10 rings (SSSR count). The van der Waals surface area contributed by atoms with Crippen molar-refractivity contribution in [2.45, 2.75) is 38.5 Å². The van der Waals surface area contributed by atoms with Gasteiger partial charge in [0.05, 0.1) is 0 Å². The first-order valence-corrected chi connectivity index (χ1v) is 19.5. The Morgan fingerprint density at radius 3 is 1.07 bits per heavy atom. The van der Waals surface area contributed by atoms with Gasteiger partial charge in [0.15, 0.2) is 0 Å². The number of hydrogen-bond acceptors (Lipinski definition) is 4. The lowest BCUT2D eigenvalue weighted by atomic mass is 9.90. The van der Waals surface area contributed by atoms with Crippen molar-refractivity contribution in [3.63, 3.8) is 0 Å². The van der Waals surface area contributed by atoms with Crippen LogP contribution in [0.15, 0.2) is 158 Å². The van der Waals surface area contributed by atoms with Crippen molar-refractivity contribution < 1.29 is 19.1 Å². The molecule has 10 aromatic carbocycles. The van der Waals surface area contributed by atoms with Crippen molar-refractivity contribution in [1.82, 2.24) is 0 Å². The minimum atomic E-state index is -1.05. The van der Waals surface area contributed by atoms with E-state index in [1.54, 1.807) is 24.3 Å². The molecule has 56 heavy (non-hydrogen) atoms. The molecule has 0 radical (unpaired) electrons. The monoisotopic (exact) mass is 726 g/mol. The Balaban J connectivity index is 0.712. The molecule has 0 aliphatic carbocycles. The van der Waals surface area contributed by atoms with E-state index in [1.165, 1.54) is 75.8 Å². The quantitative estimate of drug-likeness (QED) is 0.0609. The van der Waals surface area contributed by atoms with Gasteiger partial charge in [-0.25, -0.2) is 9.59 Å². The number of esters is 2. The molecule has 0 spiro atoms. The Morgan fingerprint density at radius 1 is 0.339 bits per heavy atom. The summed E-state index contributed by atoms with van der Waals surface area (Å²) in [5.74, 6) is -1.49. The van der Waals surface area contributed by atoms with Crippen LogP contribution in [0.5, 0.6) is 11.5 Å². The van der Waals surface area contributed by atoms with Gasteiger partial charge in [-0.3, -0.25) is 0 Å². The maximum Gasteiger partial charge on any atom is 0.423 e. The summed E-state index contributed by atoms with van der Waals surface area (Å²) >= 11 is 0. The van der Waals surface area contributed by atoms with Crippen LogP contribution in [0, 0.1) is 0 Å². The van der Waals surface area contributed by atoms with E-state index in [9.17, 15) is 9.59 Å². The Morgan fingerprint density at radius 2 is 0.679 bits per heavy atom. The zero-order valence-electron chi connectivity index (χ0n) is 30.9. The molecule has 0 aliphatic heterocycles. The van der Waals surface area contributed by atoms with E-state index in [2.05, 4.69) is 109 Å². The fourth-order valence-electron chi connectivity index (χ4n) is 8.74. The van der Waals surface area contributed by atoms with Crippen LogP contribution in [0.4, 0.5) is 0 Å². The average molecular weight is 727 g/mol. The molecule has 0 fully saturated rings. The first-order valence-electron chi connectivity index (χ1n) is 19.5. The lowest BCUT2D eigenvalue weighted by molar-refractivity contribution is -0.156. The third kappa shape index (κ3) is 6.23. The molecule has 270 valence electrons. The molecule has 4 heteroatoms. The summed E-state index contributed by atoms with van der Waals surface area (Å²) in [6, 6.07) is 54.6. The summed E-state index contributed by atoms with van der Waals surface area (Å²) in [5.41, 5.74) is 4.98. The molecule has 0 saturated carbocycles. The van der Waals surface area contributed by atoms with E-state index in [-0.39, 0.29) is 0 Å². The highest BCUT2D eigenvalue weighted by molar-refractivity contribution is 6.31. The molecule has 0 heterocycles. The molecular weight excluding hydrogens is 689 g/mol. The number of carbonyl (C=O) groups is 2. The number of rotatable bonds is 10. The van der Waals surface area contributed by atoms with Crippen LogP contribution < -0.4 is 9.47 Å². The van der Waals surface area contributed by atoms with E-state index < -0.39 is 11.9 Å². The molecule has 0 aromatic heterocycles. The van der Waals surface area contributed by atoms with Gasteiger partial charge in [0, 0.05) is 0 Å². The van der Waals surface area contributed by atoms with Gasteiger partial charge in [0.25, 0.3) is 0 Å². The first kappa shape index (κ1) is 33.8. The van der Waals surface area contributed by atoms with E-state index >= 15 is 0 Å². The van der Waals surface area contributed by atoms with Crippen molar-refractivity contribution in [2.75, 3.05) is 0 Å². The van der Waals surface area contributed by atoms with Crippen molar-refractivity contribution in [1.29, 1.82) is 0 Å². The zero-order valence-corrected chi connectivity index (χ0v) is 30.9. The number of aryl methyl sites for hydroxylation is 4. The Kier molecular flexibility index (Phi) is 8.52. The second-order valence-electron chi connectivity index (χ2n) is 14.9. The van der Waals surface area contributed by atoms with Gasteiger partial charge in [0.1, 0.15) is 11.5 Å². The standard InChI is InChI=1S/C52H38O4/c53-51(55-43-27-13-33(14-28-43)5-1-7-35-17-19-41-23-21-37-9-3-11-39-25-31-45(35)49(41)47(37)39)52(54)56-44-29-15-34(16-30-44)6-2-8-36-18-20-42-24-22-38-10-4-12-40-26-32-46(36)50(42)48(38)40/h3-4,9-32H,1-2,5-8H2.